The van der Waals surface area contributed by atoms with E-state index in [-0.39, 0.29) is 23.1 Å². The summed E-state index contributed by atoms with van der Waals surface area (Å²) in [6, 6.07) is 7.73. The van der Waals surface area contributed by atoms with Gasteiger partial charge in [-0.1, -0.05) is 44.2 Å². The van der Waals surface area contributed by atoms with Crippen molar-refractivity contribution < 1.29 is 4.79 Å². The zero-order chi connectivity index (χ0) is 18.7. The highest BCUT2D eigenvalue weighted by atomic mass is 32.2. The number of hydrogen-bond donors (Lipinski definition) is 2. The molecule has 0 unspecified atom stereocenters. The number of aromatic amines is 1. The maximum Gasteiger partial charge on any atom is 0.233 e. The van der Waals surface area contributed by atoms with Crippen LogP contribution in [0.1, 0.15) is 39.1 Å². The number of fused-ring (bicyclic) bond motifs is 1. The second-order valence-corrected chi connectivity index (χ2v) is 7.80. The Hall–Kier alpha value is -2.35. The standard InChI is InChI=1S/C18H24N6OS/c1-5-11(2)15(16-20-13-8-6-7-9-14(13)21-16)22-17(25)12(3)26-18-23-19-10-24(18)4/h6-12,15H,5H2,1-4H3,(H,20,21)(H,22,25)/t11-,12-,15+/m0/s1. The number of nitrogens with zero attached hydrogens (tertiary/aromatic N) is 4. The van der Waals surface area contributed by atoms with Gasteiger partial charge in [-0.2, -0.15) is 0 Å². The number of imidazole rings is 1. The molecule has 3 rings (SSSR count). The first kappa shape index (κ1) is 18.4. The first-order valence-corrected chi connectivity index (χ1v) is 9.63. The first-order valence-electron chi connectivity index (χ1n) is 8.75. The molecule has 2 heterocycles. The molecular weight excluding hydrogens is 348 g/mol. The van der Waals surface area contributed by atoms with Crippen molar-refractivity contribution in [2.24, 2.45) is 13.0 Å². The second-order valence-electron chi connectivity index (χ2n) is 6.50. The Morgan fingerprint density at radius 2 is 2.12 bits per heavy atom. The van der Waals surface area contributed by atoms with Gasteiger partial charge in [-0.05, 0) is 25.0 Å². The molecule has 1 aromatic carbocycles. The second kappa shape index (κ2) is 7.90. The van der Waals surface area contributed by atoms with Crippen LogP contribution < -0.4 is 5.32 Å². The van der Waals surface area contributed by atoms with Gasteiger partial charge < -0.3 is 14.9 Å². The van der Waals surface area contributed by atoms with Crippen molar-refractivity contribution in [1.29, 1.82) is 0 Å². The number of aromatic nitrogens is 5. The first-order chi connectivity index (χ1) is 12.5. The van der Waals surface area contributed by atoms with E-state index in [0.29, 0.717) is 0 Å². The minimum Gasteiger partial charge on any atom is -0.345 e. The SMILES string of the molecule is CC[C@H](C)[C@@H](NC(=O)[C@H](C)Sc1nncn1C)c1nc2ccccc2[nH]1. The van der Waals surface area contributed by atoms with Crippen LogP contribution in [0.3, 0.4) is 0 Å². The van der Waals surface area contributed by atoms with Crippen LogP contribution in [-0.4, -0.2) is 35.9 Å². The molecule has 2 N–H and O–H groups in total. The number of para-hydroxylation sites is 2. The summed E-state index contributed by atoms with van der Waals surface area (Å²) < 4.78 is 1.81. The normalized spacial score (nSPS) is 14.9. The van der Waals surface area contributed by atoms with Crippen LogP contribution in [0.5, 0.6) is 0 Å². The third-order valence-corrected chi connectivity index (χ3v) is 5.68. The van der Waals surface area contributed by atoms with Gasteiger partial charge in [-0.25, -0.2) is 4.98 Å². The summed E-state index contributed by atoms with van der Waals surface area (Å²) in [6.07, 6.45) is 2.57. The number of rotatable bonds is 7. The lowest BCUT2D eigenvalue weighted by molar-refractivity contribution is -0.121. The smallest absolute Gasteiger partial charge is 0.233 e. The number of hydrogen-bond acceptors (Lipinski definition) is 5. The van der Waals surface area contributed by atoms with Crippen LogP contribution in [0.4, 0.5) is 0 Å². The van der Waals surface area contributed by atoms with E-state index in [4.69, 9.17) is 0 Å². The maximum absolute atomic E-state index is 12.8. The van der Waals surface area contributed by atoms with Gasteiger partial charge in [0, 0.05) is 7.05 Å². The van der Waals surface area contributed by atoms with Crippen molar-refractivity contribution in [2.75, 3.05) is 0 Å². The van der Waals surface area contributed by atoms with Gasteiger partial charge in [-0.15, -0.1) is 10.2 Å². The predicted octanol–water partition coefficient (Wildman–Crippen LogP) is 3.08. The molecule has 0 saturated carbocycles. The van der Waals surface area contributed by atoms with E-state index in [1.165, 1.54) is 11.8 Å². The van der Waals surface area contributed by atoms with Crippen molar-refractivity contribution in [3.05, 3.63) is 36.4 Å². The maximum atomic E-state index is 12.8. The Labute approximate surface area is 157 Å². The molecule has 7 nitrogen and oxygen atoms in total. The minimum absolute atomic E-state index is 0.0382. The van der Waals surface area contributed by atoms with Crippen LogP contribution in [0, 0.1) is 5.92 Å². The average Bonchev–Trinajstić information content (AvgIpc) is 3.24. The van der Waals surface area contributed by atoms with Crippen LogP contribution >= 0.6 is 11.8 Å². The fourth-order valence-corrected chi connectivity index (χ4v) is 3.50. The highest BCUT2D eigenvalue weighted by Gasteiger charge is 2.26. The van der Waals surface area contributed by atoms with Gasteiger partial charge in [0.2, 0.25) is 5.91 Å². The van der Waals surface area contributed by atoms with E-state index in [9.17, 15) is 4.79 Å². The minimum atomic E-state index is -0.283. The lowest BCUT2D eigenvalue weighted by Gasteiger charge is -2.24. The lowest BCUT2D eigenvalue weighted by Crippen LogP contribution is -2.37. The molecule has 138 valence electrons. The van der Waals surface area contributed by atoms with Gasteiger partial charge in [0.05, 0.1) is 22.3 Å². The predicted molar refractivity (Wildman–Crippen MR) is 103 cm³/mol. The summed E-state index contributed by atoms with van der Waals surface area (Å²) in [5.41, 5.74) is 1.89. The van der Waals surface area contributed by atoms with Gasteiger partial charge in [0.15, 0.2) is 5.16 Å². The number of thioether (sulfide) groups is 1. The summed E-state index contributed by atoms with van der Waals surface area (Å²) in [6.45, 7) is 6.11. The van der Waals surface area contributed by atoms with Crippen molar-refractivity contribution in [3.63, 3.8) is 0 Å². The van der Waals surface area contributed by atoms with Gasteiger partial charge in [-0.3, -0.25) is 4.79 Å². The monoisotopic (exact) mass is 372 g/mol. The van der Waals surface area contributed by atoms with E-state index < -0.39 is 0 Å². The van der Waals surface area contributed by atoms with Crippen molar-refractivity contribution in [1.82, 2.24) is 30.0 Å². The zero-order valence-electron chi connectivity index (χ0n) is 15.4. The highest BCUT2D eigenvalue weighted by Crippen LogP contribution is 2.26. The fraction of sp³-hybridized carbons (Fsp3) is 0.444. The molecule has 0 saturated heterocycles. The molecule has 2 aromatic heterocycles. The number of carbonyl (C=O) groups is 1. The van der Waals surface area contributed by atoms with Gasteiger partial charge >= 0.3 is 0 Å². The lowest BCUT2D eigenvalue weighted by atomic mass is 9.98. The highest BCUT2D eigenvalue weighted by molar-refractivity contribution is 8.00. The molecule has 0 spiro atoms. The Kier molecular flexibility index (Phi) is 5.61. The fourth-order valence-electron chi connectivity index (χ4n) is 2.70. The van der Waals surface area contributed by atoms with Crippen molar-refractivity contribution in [2.45, 2.75) is 43.6 Å². The number of carbonyl (C=O) groups excluding carboxylic acids is 1. The number of benzene rings is 1. The number of amides is 1. The summed E-state index contributed by atoms with van der Waals surface area (Å²) in [4.78, 5) is 20.8. The summed E-state index contributed by atoms with van der Waals surface area (Å²) >= 11 is 1.39. The zero-order valence-corrected chi connectivity index (χ0v) is 16.2. The number of aryl methyl sites for hydroxylation is 1. The molecule has 0 radical (unpaired) electrons. The van der Waals surface area contributed by atoms with E-state index >= 15 is 0 Å². The third kappa shape index (κ3) is 3.90. The van der Waals surface area contributed by atoms with Crippen LogP contribution in [-0.2, 0) is 11.8 Å². The molecule has 0 aliphatic rings. The molecule has 0 aliphatic heterocycles. The van der Waals surface area contributed by atoms with E-state index in [2.05, 4.69) is 39.3 Å². The van der Waals surface area contributed by atoms with E-state index in [0.717, 1.165) is 28.4 Å². The quantitative estimate of drug-likeness (QED) is 0.622. The average molecular weight is 372 g/mol. The number of nitrogens with one attached hydrogen (secondary N) is 2. The summed E-state index contributed by atoms with van der Waals surface area (Å²) in [5.74, 6) is 1.01. The molecule has 0 aliphatic carbocycles. The van der Waals surface area contributed by atoms with Crippen molar-refractivity contribution >= 4 is 28.7 Å². The van der Waals surface area contributed by atoms with Gasteiger partial charge in [0.1, 0.15) is 12.2 Å². The van der Waals surface area contributed by atoms with E-state index in [1.807, 2.05) is 38.2 Å². The molecule has 3 aromatic rings. The molecule has 3 atom stereocenters. The topological polar surface area (TPSA) is 88.5 Å². The Balaban J connectivity index is 1.77. The molecule has 0 fully saturated rings. The van der Waals surface area contributed by atoms with Crippen LogP contribution in [0.15, 0.2) is 35.7 Å². The Morgan fingerprint density at radius 1 is 1.35 bits per heavy atom. The van der Waals surface area contributed by atoms with Crippen molar-refractivity contribution in [3.8, 4) is 0 Å². The molecule has 26 heavy (non-hydrogen) atoms. The summed E-state index contributed by atoms with van der Waals surface area (Å²) in [5, 5.41) is 11.5. The van der Waals surface area contributed by atoms with Crippen LogP contribution in [0.25, 0.3) is 11.0 Å². The Morgan fingerprint density at radius 3 is 2.77 bits per heavy atom. The summed E-state index contributed by atoms with van der Waals surface area (Å²) in [7, 11) is 1.86. The Bertz CT molecular complexity index is 856. The third-order valence-electron chi connectivity index (χ3n) is 4.53. The molecular formula is C18H24N6OS. The van der Waals surface area contributed by atoms with E-state index in [1.54, 1.807) is 10.9 Å². The number of H-pyrrole nitrogens is 1. The largest absolute Gasteiger partial charge is 0.345 e. The van der Waals surface area contributed by atoms with Crippen LogP contribution in [0.2, 0.25) is 0 Å². The van der Waals surface area contributed by atoms with Gasteiger partial charge in [0.25, 0.3) is 0 Å². The molecule has 1 amide bonds. The molecule has 8 heteroatoms. The molecule has 0 bridgehead atoms.